The molecule has 2 nitrogen and oxygen atoms in total. The van der Waals surface area contributed by atoms with Crippen molar-refractivity contribution in [3.63, 3.8) is 0 Å². The van der Waals surface area contributed by atoms with Gasteiger partial charge in [0.1, 0.15) is 5.75 Å². The van der Waals surface area contributed by atoms with E-state index in [1.165, 1.54) is 62.4 Å². The normalized spacial score (nSPS) is 16.0. The van der Waals surface area contributed by atoms with Crippen molar-refractivity contribution in [1.82, 2.24) is 0 Å². The predicted octanol–water partition coefficient (Wildman–Crippen LogP) is -0.663. The van der Waals surface area contributed by atoms with Crippen LogP contribution in [0.3, 0.4) is 0 Å². The van der Waals surface area contributed by atoms with E-state index in [4.69, 9.17) is 0 Å². The third-order valence-corrected chi connectivity index (χ3v) is 4.69. The number of aromatic hydroxyl groups is 1. The van der Waals surface area contributed by atoms with Crippen LogP contribution >= 0.6 is 11.8 Å². The van der Waals surface area contributed by atoms with Gasteiger partial charge in [0.2, 0.25) is 0 Å². The standard InChI is InChI=1S/C15H23NOS.ClH/c17-14-6-8-15(9-7-14)18-13-5-4-12-16-10-2-1-3-11-16;/h6-9,17H,1-5,10-13H2;1H. The number of rotatable bonds is 6. The summed E-state index contributed by atoms with van der Waals surface area (Å²) < 4.78 is 0. The molecule has 0 unspecified atom stereocenters. The molecule has 1 heterocycles. The largest absolute Gasteiger partial charge is 1.00 e. The van der Waals surface area contributed by atoms with Crippen LogP contribution in [-0.4, -0.2) is 30.5 Å². The van der Waals surface area contributed by atoms with Gasteiger partial charge in [-0.25, -0.2) is 0 Å². The first-order valence-electron chi connectivity index (χ1n) is 7.10. The number of quaternary nitrogens is 1. The van der Waals surface area contributed by atoms with Gasteiger partial charge in [-0.2, -0.15) is 0 Å². The second-order valence-electron chi connectivity index (χ2n) is 5.11. The first-order valence-corrected chi connectivity index (χ1v) is 8.08. The van der Waals surface area contributed by atoms with Crippen LogP contribution in [-0.2, 0) is 0 Å². The van der Waals surface area contributed by atoms with Gasteiger partial charge in [0.05, 0.1) is 19.6 Å². The van der Waals surface area contributed by atoms with Gasteiger partial charge in [0.25, 0.3) is 0 Å². The maximum absolute atomic E-state index is 9.20. The van der Waals surface area contributed by atoms with Crippen molar-refractivity contribution < 1.29 is 22.4 Å². The van der Waals surface area contributed by atoms with Crippen molar-refractivity contribution in [2.75, 3.05) is 25.4 Å². The molecule has 0 spiro atoms. The van der Waals surface area contributed by atoms with E-state index in [2.05, 4.69) is 0 Å². The van der Waals surface area contributed by atoms with Gasteiger partial charge in [0, 0.05) is 4.90 Å². The van der Waals surface area contributed by atoms with E-state index < -0.39 is 0 Å². The Morgan fingerprint density at radius 2 is 1.68 bits per heavy atom. The molecule has 0 aliphatic carbocycles. The molecule has 2 rings (SSSR count). The highest BCUT2D eigenvalue weighted by atomic mass is 35.5. The molecule has 1 saturated heterocycles. The molecule has 108 valence electrons. The molecule has 2 N–H and O–H groups in total. The Morgan fingerprint density at radius 1 is 1.00 bits per heavy atom. The fraction of sp³-hybridized carbons (Fsp3) is 0.600. The number of benzene rings is 1. The lowest BCUT2D eigenvalue weighted by Crippen LogP contribution is -3.12. The summed E-state index contributed by atoms with van der Waals surface area (Å²) in [7, 11) is 0. The molecular formula is C15H24ClNOS. The number of thioether (sulfide) groups is 1. The lowest BCUT2D eigenvalue weighted by atomic mass is 10.1. The highest BCUT2D eigenvalue weighted by molar-refractivity contribution is 7.99. The zero-order valence-corrected chi connectivity index (χ0v) is 13.0. The van der Waals surface area contributed by atoms with Crippen molar-refractivity contribution in [2.24, 2.45) is 0 Å². The summed E-state index contributed by atoms with van der Waals surface area (Å²) in [4.78, 5) is 3.08. The number of hydrogen-bond acceptors (Lipinski definition) is 2. The molecule has 1 aliphatic rings. The Kier molecular flexibility index (Phi) is 8.35. The summed E-state index contributed by atoms with van der Waals surface area (Å²) in [6.07, 6.45) is 6.95. The number of likely N-dealkylation sites (tertiary alicyclic amines) is 1. The van der Waals surface area contributed by atoms with Crippen LogP contribution in [0, 0.1) is 0 Å². The highest BCUT2D eigenvalue weighted by Crippen LogP contribution is 2.21. The average molecular weight is 302 g/mol. The monoisotopic (exact) mass is 301 g/mol. The second kappa shape index (κ2) is 9.51. The number of hydrogen-bond donors (Lipinski definition) is 2. The van der Waals surface area contributed by atoms with E-state index in [1.54, 1.807) is 12.1 Å². The van der Waals surface area contributed by atoms with E-state index >= 15 is 0 Å². The van der Waals surface area contributed by atoms with E-state index in [0.29, 0.717) is 5.75 Å². The molecule has 4 heteroatoms. The molecule has 1 fully saturated rings. The maximum atomic E-state index is 9.20. The van der Waals surface area contributed by atoms with Crippen LogP contribution in [0.4, 0.5) is 0 Å². The van der Waals surface area contributed by atoms with Crippen molar-refractivity contribution >= 4 is 11.8 Å². The third kappa shape index (κ3) is 6.55. The first kappa shape index (κ1) is 16.7. The fourth-order valence-electron chi connectivity index (χ4n) is 2.51. The molecule has 0 atom stereocenters. The topological polar surface area (TPSA) is 24.7 Å². The summed E-state index contributed by atoms with van der Waals surface area (Å²) in [6, 6.07) is 7.52. The summed E-state index contributed by atoms with van der Waals surface area (Å²) in [5.41, 5.74) is 0. The third-order valence-electron chi connectivity index (χ3n) is 3.59. The number of piperidine rings is 1. The number of nitrogens with one attached hydrogen (secondary N) is 1. The Bertz CT molecular complexity index is 339. The van der Waals surface area contributed by atoms with Gasteiger partial charge in [-0.05, 0) is 62.1 Å². The minimum atomic E-state index is 0. The molecule has 1 aromatic carbocycles. The molecule has 1 aliphatic heterocycles. The van der Waals surface area contributed by atoms with Gasteiger partial charge in [-0.1, -0.05) is 0 Å². The van der Waals surface area contributed by atoms with E-state index in [1.807, 2.05) is 28.8 Å². The zero-order valence-electron chi connectivity index (χ0n) is 11.4. The van der Waals surface area contributed by atoms with Crippen LogP contribution in [0.25, 0.3) is 0 Å². The quantitative estimate of drug-likeness (QED) is 0.538. The van der Waals surface area contributed by atoms with Gasteiger partial charge in [-0.15, -0.1) is 11.8 Å². The van der Waals surface area contributed by atoms with Gasteiger partial charge in [0.15, 0.2) is 0 Å². The van der Waals surface area contributed by atoms with Gasteiger partial charge in [-0.3, -0.25) is 0 Å². The van der Waals surface area contributed by atoms with Crippen molar-refractivity contribution in [2.45, 2.75) is 37.0 Å². The summed E-state index contributed by atoms with van der Waals surface area (Å²) in [6.45, 7) is 4.15. The lowest BCUT2D eigenvalue weighted by molar-refractivity contribution is -0.905. The van der Waals surface area contributed by atoms with Crippen LogP contribution in [0.15, 0.2) is 29.2 Å². The Morgan fingerprint density at radius 3 is 2.37 bits per heavy atom. The molecule has 0 aromatic heterocycles. The van der Waals surface area contributed by atoms with Crippen molar-refractivity contribution in [3.8, 4) is 5.75 Å². The number of halogens is 1. The maximum Gasteiger partial charge on any atom is 0.115 e. The van der Waals surface area contributed by atoms with E-state index in [-0.39, 0.29) is 12.4 Å². The molecule has 0 bridgehead atoms. The lowest BCUT2D eigenvalue weighted by Gasteiger charge is -2.23. The van der Waals surface area contributed by atoms with E-state index in [0.717, 1.165) is 0 Å². The SMILES string of the molecule is Oc1ccc(SCCCC[NH+]2CCCCC2)cc1.[Cl-]. The van der Waals surface area contributed by atoms with E-state index in [9.17, 15) is 5.11 Å². The zero-order chi connectivity index (χ0) is 12.6. The molecule has 0 saturated carbocycles. The molecule has 19 heavy (non-hydrogen) atoms. The minimum absolute atomic E-state index is 0. The Balaban J connectivity index is 0.00000180. The van der Waals surface area contributed by atoms with Gasteiger partial charge >= 0.3 is 0 Å². The van der Waals surface area contributed by atoms with Crippen LogP contribution < -0.4 is 17.3 Å². The highest BCUT2D eigenvalue weighted by Gasteiger charge is 2.12. The smallest absolute Gasteiger partial charge is 0.115 e. The summed E-state index contributed by atoms with van der Waals surface area (Å²) >= 11 is 1.90. The molecule has 0 amide bonds. The predicted molar refractivity (Wildman–Crippen MR) is 77.5 cm³/mol. The number of phenolic OH excluding ortho intramolecular Hbond substituents is 1. The van der Waals surface area contributed by atoms with Crippen LogP contribution in [0.5, 0.6) is 5.75 Å². The molecule has 1 aromatic rings. The molecular weight excluding hydrogens is 278 g/mol. The van der Waals surface area contributed by atoms with Crippen LogP contribution in [0.1, 0.15) is 32.1 Å². The Hall–Kier alpha value is -0.380. The summed E-state index contributed by atoms with van der Waals surface area (Å²) in [5.74, 6) is 1.55. The average Bonchev–Trinajstić information content (AvgIpc) is 2.42. The number of unbranched alkanes of at least 4 members (excludes halogenated alkanes) is 1. The summed E-state index contributed by atoms with van der Waals surface area (Å²) in [5, 5.41) is 9.20. The Labute approximate surface area is 127 Å². The van der Waals surface area contributed by atoms with Gasteiger partial charge < -0.3 is 22.4 Å². The molecule has 0 radical (unpaired) electrons. The van der Waals surface area contributed by atoms with Crippen molar-refractivity contribution in [1.29, 1.82) is 0 Å². The van der Waals surface area contributed by atoms with Crippen LogP contribution in [0.2, 0.25) is 0 Å². The fourth-order valence-corrected chi connectivity index (χ4v) is 3.42. The second-order valence-corrected chi connectivity index (χ2v) is 6.28. The first-order chi connectivity index (χ1) is 8.84. The number of phenols is 1. The van der Waals surface area contributed by atoms with Crippen molar-refractivity contribution in [3.05, 3.63) is 24.3 Å². The minimum Gasteiger partial charge on any atom is -1.00 e.